The number of fused-ring (bicyclic) bond motifs is 7. The maximum Gasteiger partial charge on any atom is 0.320 e. The number of hydrogen-bond acceptors (Lipinski definition) is 7. The van der Waals surface area contributed by atoms with Gasteiger partial charge in [-0.2, -0.15) is 0 Å². The largest absolute Gasteiger partial charge is 0.469 e. The van der Waals surface area contributed by atoms with Gasteiger partial charge in [0.2, 0.25) is 0 Å². The number of allylic oxidation sites excluding steroid dienone is 2. The van der Waals surface area contributed by atoms with Crippen molar-refractivity contribution in [2.24, 2.45) is 56.0 Å². The van der Waals surface area contributed by atoms with Crippen molar-refractivity contribution < 1.29 is 23.9 Å². The Hall–Kier alpha value is -1.73. The van der Waals surface area contributed by atoms with Crippen LogP contribution in [0.3, 0.4) is 0 Å². The third-order valence-electron chi connectivity index (χ3n) is 15.5. The second kappa shape index (κ2) is 13.8. The lowest BCUT2D eigenvalue weighted by Crippen LogP contribution is -2.66. The Bertz CT molecular complexity index is 1260. The van der Waals surface area contributed by atoms with Crippen LogP contribution in [-0.4, -0.2) is 50.6 Å². The van der Waals surface area contributed by atoms with E-state index in [2.05, 4.69) is 59.9 Å². The maximum absolute atomic E-state index is 14.7. The zero-order valence-corrected chi connectivity index (χ0v) is 31.7. The SMILES string of the molecule is COC(=O)[C@@]1(C)CC[C@]2(C)CC[C@]3(C)C(=CC(=O)[C@@H]4[C@@]5(C)CC[C@H](OC(=O)CNCCCCCCCCN)C(C)(C)[C@@H]5CC[C@]43C)[C@@H]2C1. The van der Waals surface area contributed by atoms with E-state index in [4.69, 9.17) is 15.2 Å². The molecule has 0 radical (unpaired) electrons. The molecule has 5 aliphatic carbocycles. The number of unbranched alkanes of at least 4 members (excludes halogenated alkanes) is 5. The monoisotopic (exact) mass is 669 g/mol. The van der Waals surface area contributed by atoms with E-state index >= 15 is 0 Å². The van der Waals surface area contributed by atoms with Gasteiger partial charge in [0.05, 0.1) is 19.1 Å². The molecule has 0 aliphatic heterocycles. The molecule has 9 atom stereocenters. The molecule has 3 N–H and O–H groups in total. The number of ketones is 1. The van der Waals surface area contributed by atoms with Gasteiger partial charge in [-0.05, 0) is 130 Å². The van der Waals surface area contributed by atoms with E-state index in [1.807, 2.05) is 0 Å². The van der Waals surface area contributed by atoms with Crippen molar-refractivity contribution in [3.63, 3.8) is 0 Å². The molecule has 4 fully saturated rings. The van der Waals surface area contributed by atoms with E-state index in [9.17, 15) is 14.4 Å². The molecule has 0 spiro atoms. The second-order valence-electron chi connectivity index (χ2n) is 18.7. The molecular weight excluding hydrogens is 600 g/mol. The average molecular weight is 669 g/mol. The molecule has 272 valence electrons. The fourth-order valence-electron chi connectivity index (χ4n) is 12.3. The summed E-state index contributed by atoms with van der Waals surface area (Å²) in [5.74, 6) is 0.452. The van der Waals surface area contributed by atoms with E-state index < -0.39 is 5.41 Å². The van der Waals surface area contributed by atoms with Crippen LogP contribution in [0, 0.1) is 50.2 Å². The van der Waals surface area contributed by atoms with Gasteiger partial charge in [-0.3, -0.25) is 14.4 Å². The van der Waals surface area contributed by atoms with Gasteiger partial charge in [-0.1, -0.05) is 72.8 Å². The molecule has 0 aromatic heterocycles. The van der Waals surface area contributed by atoms with Crippen LogP contribution in [-0.2, 0) is 23.9 Å². The summed E-state index contributed by atoms with van der Waals surface area (Å²) in [5, 5.41) is 3.31. The first-order valence-electron chi connectivity index (χ1n) is 19.5. The number of ether oxygens (including phenoxy) is 2. The molecule has 5 aliphatic rings. The zero-order chi connectivity index (χ0) is 35.2. The summed E-state index contributed by atoms with van der Waals surface area (Å²) in [4.78, 5) is 40.7. The van der Waals surface area contributed by atoms with Crippen LogP contribution in [0.15, 0.2) is 11.6 Å². The van der Waals surface area contributed by atoms with Crippen molar-refractivity contribution in [3.8, 4) is 0 Å². The normalized spacial score (nSPS) is 41.6. The van der Waals surface area contributed by atoms with E-state index in [-0.39, 0.29) is 69.4 Å². The minimum atomic E-state index is -0.512. The van der Waals surface area contributed by atoms with Crippen LogP contribution in [0.2, 0.25) is 0 Å². The minimum Gasteiger partial charge on any atom is -0.469 e. The van der Waals surface area contributed by atoms with Gasteiger partial charge < -0.3 is 20.5 Å². The van der Waals surface area contributed by atoms with Gasteiger partial charge in [-0.25, -0.2) is 0 Å². The molecule has 5 rings (SSSR count). The van der Waals surface area contributed by atoms with Crippen LogP contribution in [0.4, 0.5) is 0 Å². The van der Waals surface area contributed by atoms with E-state index in [0.717, 1.165) is 83.7 Å². The van der Waals surface area contributed by atoms with Crippen LogP contribution < -0.4 is 11.1 Å². The van der Waals surface area contributed by atoms with Gasteiger partial charge >= 0.3 is 11.9 Å². The van der Waals surface area contributed by atoms with Gasteiger partial charge in [0.25, 0.3) is 0 Å². The first-order chi connectivity index (χ1) is 22.5. The standard InChI is InChI=1S/C41H68N2O5/c1-36(2)31-15-18-41(7)34(39(31,5)17-16-32(36)48-33(45)27-43-24-14-12-10-9-11-13-23-42)30(44)25-28-29-26-38(4,35(46)47-8)20-19-37(29,3)21-22-40(28,41)6/h25,29,31-32,34,43H,9-24,26-27,42H2,1-8H3/t29-,31-,32-,34+,37+,38-,39-,40+,41+/m0/s1. The van der Waals surface area contributed by atoms with Crippen LogP contribution in [0.25, 0.3) is 0 Å². The summed E-state index contributed by atoms with van der Waals surface area (Å²) in [6.45, 7) is 18.2. The molecule has 0 unspecified atom stereocenters. The number of esters is 2. The van der Waals surface area contributed by atoms with Gasteiger partial charge in [0.1, 0.15) is 6.10 Å². The van der Waals surface area contributed by atoms with Crippen molar-refractivity contribution in [2.75, 3.05) is 26.7 Å². The van der Waals surface area contributed by atoms with Crippen molar-refractivity contribution in [3.05, 3.63) is 11.6 Å². The number of rotatable bonds is 12. The smallest absolute Gasteiger partial charge is 0.320 e. The van der Waals surface area contributed by atoms with E-state index in [1.165, 1.54) is 38.4 Å². The predicted octanol–water partition coefficient (Wildman–Crippen LogP) is 7.94. The summed E-state index contributed by atoms with van der Waals surface area (Å²) in [7, 11) is 1.50. The third-order valence-corrected chi connectivity index (χ3v) is 15.5. The van der Waals surface area contributed by atoms with E-state index in [1.54, 1.807) is 0 Å². The molecule has 0 aromatic carbocycles. The quantitative estimate of drug-likeness (QED) is 0.161. The highest BCUT2D eigenvalue weighted by atomic mass is 16.5. The first-order valence-corrected chi connectivity index (χ1v) is 19.5. The maximum atomic E-state index is 14.7. The topological polar surface area (TPSA) is 108 Å². The number of hydrogen-bond donors (Lipinski definition) is 2. The molecule has 48 heavy (non-hydrogen) atoms. The van der Waals surface area contributed by atoms with Crippen molar-refractivity contribution in [1.82, 2.24) is 5.32 Å². The number of nitrogens with two attached hydrogens (primary N) is 1. The number of carbonyl (C=O) groups excluding carboxylic acids is 3. The Morgan fingerprint density at radius 2 is 1.54 bits per heavy atom. The lowest BCUT2D eigenvalue weighted by atomic mass is 9.33. The Balaban J connectivity index is 1.29. The summed E-state index contributed by atoms with van der Waals surface area (Å²) in [6, 6.07) is 0. The number of nitrogens with one attached hydrogen (secondary N) is 1. The third kappa shape index (κ3) is 6.24. The Kier molecular flexibility index (Phi) is 10.8. The molecule has 0 amide bonds. The Labute approximate surface area is 291 Å². The molecular formula is C41H68N2O5. The predicted molar refractivity (Wildman–Crippen MR) is 191 cm³/mol. The lowest BCUT2D eigenvalue weighted by molar-refractivity contribution is -0.210. The highest BCUT2D eigenvalue weighted by Gasteiger charge is 2.70. The van der Waals surface area contributed by atoms with Crippen molar-refractivity contribution >= 4 is 17.7 Å². The van der Waals surface area contributed by atoms with Crippen molar-refractivity contribution in [1.29, 1.82) is 0 Å². The molecule has 0 saturated heterocycles. The zero-order valence-electron chi connectivity index (χ0n) is 31.7. The molecule has 0 aromatic rings. The van der Waals surface area contributed by atoms with Gasteiger partial charge in [0.15, 0.2) is 5.78 Å². The number of methoxy groups -OCH3 is 1. The minimum absolute atomic E-state index is 0.0645. The van der Waals surface area contributed by atoms with Gasteiger partial charge in [-0.15, -0.1) is 0 Å². The fraction of sp³-hybridized carbons (Fsp3) is 0.878. The lowest BCUT2D eigenvalue weighted by Gasteiger charge is -2.70. The molecule has 0 bridgehead atoms. The average Bonchev–Trinajstić information content (AvgIpc) is 3.03. The van der Waals surface area contributed by atoms with Gasteiger partial charge in [0, 0.05) is 11.3 Å². The van der Waals surface area contributed by atoms with E-state index in [0.29, 0.717) is 5.78 Å². The Morgan fingerprint density at radius 1 is 0.875 bits per heavy atom. The van der Waals surface area contributed by atoms with Crippen LogP contribution >= 0.6 is 0 Å². The summed E-state index contributed by atoms with van der Waals surface area (Å²) < 4.78 is 11.5. The molecule has 4 saturated carbocycles. The first kappa shape index (κ1) is 37.5. The highest BCUT2D eigenvalue weighted by Crippen LogP contribution is 2.75. The molecule has 0 heterocycles. The Morgan fingerprint density at radius 3 is 2.23 bits per heavy atom. The summed E-state index contributed by atoms with van der Waals surface area (Å²) in [6.07, 6.45) is 17.5. The highest BCUT2D eigenvalue weighted by molar-refractivity contribution is 5.95. The summed E-state index contributed by atoms with van der Waals surface area (Å²) in [5.41, 5.74) is 5.84. The second-order valence-corrected chi connectivity index (χ2v) is 18.7. The van der Waals surface area contributed by atoms with Crippen LogP contribution in [0.1, 0.15) is 145 Å². The number of carbonyl (C=O) groups is 3. The summed E-state index contributed by atoms with van der Waals surface area (Å²) >= 11 is 0. The van der Waals surface area contributed by atoms with Crippen molar-refractivity contribution in [2.45, 2.75) is 151 Å². The molecule has 7 heteroatoms. The van der Waals surface area contributed by atoms with Crippen LogP contribution in [0.5, 0.6) is 0 Å². The molecule has 7 nitrogen and oxygen atoms in total. The fourth-order valence-corrected chi connectivity index (χ4v) is 12.3.